The first-order valence-corrected chi connectivity index (χ1v) is 7.05. The minimum Gasteiger partial charge on any atom is -0.383 e. The van der Waals surface area contributed by atoms with Crippen molar-refractivity contribution < 1.29 is 4.74 Å². The Morgan fingerprint density at radius 1 is 1.25 bits per heavy atom. The first-order valence-electron chi connectivity index (χ1n) is 6.23. The molecular formula is C14H20ClN3OS. The van der Waals surface area contributed by atoms with E-state index in [9.17, 15) is 0 Å². The maximum absolute atomic E-state index is 5.67. The zero-order chi connectivity index (χ0) is 13.5. The van der Waals surface area contributed by atoms with Crippen LogP contribution < -0.4 is 5.73 Å². The fourth-order valence-electron chi connectivity index (χ4n) is 1.89. The van der Waals surface area contributed by atoms with Gasteiger partial charge in [0.25, 0.3) is 0 Å². The highest BCUT2D eigenvalue weighted by Gasteiger charge is 2.09. The molecule has 2 aromatic rings. The molecule has 0 fully saturated rings. The van der Waals surface area contributed by atoms with Gasteiger partial charge < -0.3 is 10.5 Å². The Kier molecular flexibility index (Phi) is 7.54. The summed E-state index contributed by atoms with van der Waals surface area (Å²) in [5.41, 5.74) is 6.97. The molecule has 0 saturated carbocycles. The molecule has 0 spiro atoms. The molecule has 0 atom stereocenters. The van der Waals surface area contributed by atoms with Crippen LogP contribution in [0, 0.1) is 0 Å². The van der Waals surface area contributed by atoms with E-state index in [0.29, 0.717) is 5.13 Å². The highest BCUT2D eigenvalue weighted by atomic mass is 35.5. The second-order valence-corrected chi connectivity index (χ2v) is 5.50. The first kappa shape index (κ1) is 16.9. The summed E-state index contributed by atoms with van der Waals surface area (Å²) in [6.07, 6.45) is 1.85. The van der Waals surface area contributed by atoms with Crippen molar-refractivity contribution in [2.75, 3.05) is 26.0 Å². The fourth-order valence-corrected chi connectivity index (χ4v) is 2.62. The van der Waals surface area contributed by atoms with E-state index < -0.39 is 0 Å². The third-order valence-electron chi connectivity index (χ3n) is 2.81. The predicted octanol–water partition coefficient (Wildman–Crippen LogP) is 2.80. The number of anilines is 1. The number of aromatic nitrogens is 1. The largest absolute Gasteiger partial charge is 0.383 e. The lowest BCUT2D eigenvalue weighted by atomic mass is 10.2. The number of hydrogen-bond donors (Lipinski definition) is 1. The average Bonchev–Trinajstić information content (AvgIpc) is 2.82. The van der Waals surface area contributed by atoms with Crippen LogP contribution in [0.3, 0.4) is 0 Å². The Morgan fingerprint density at radius 2 is 2.00 bits per heavy atom. The number of hydrogen-bond acceptors (Lipinski definition) is 5. The number of nitrogens with two attached hydrogens (primary N) is 1. The standard InChI is InChI=1S/C14H19N3OS.ClH/c1-18-8-7-17(10-12-5-3-2-4-6-12)11-13-9-16-14(15)19-13;/h2-6,9H,7-8,10-11H2,1H3,(H2,15,16);1H. The average molecular weight is 314 g/mol. The topological polar surface area (TPSA) is 51.4 Å². The number of halogens is 1. The molecule has 20 heavy (non-hydrogen) atoms. The molecule has 0 aliphatic heterocycles. The molecule has 0 radical (unpaired) electrons. The molecule has 110 valence electrons. The molecule has 0 unspecified atom stereocenters. The second kappa shape index (κ2) is 8.92. The van der Waals surface area contributed by atoms with Gasteiger partial charge in [-0.2, -0.15) is 0 Å². The van der Waals surface area contributed by atoms with Crippen LogP contribution in [-0.2, 0) is 17.8 Å². The highest BCUT2D eigenvalue weighted by Crippen LogP contribution is 2.17. The van der Waals surface area contributed by atoms with Gasteiger partial charge >= 0.3 is 0 Å². The number of ether oxygens (including phenoxy) is 1. The zero-order valence-electron chi connectivity index (χ0n) is 11.5. The molecule has 2 rings (SSSR count). The van der Waals surface area contributed by atoms with Gasteiger partial charge in [0, 0.05) is 37.8 Å². The molecule has 1 heterocycles. The van der Waals surface area contributed by atoms with E-state index in [4.69, 9.17) is 10.5 Å². The molecule has 2 N–H and O–H groups in total. The fraction of sp³-hybridized carbons (Fsp3) is 0.357. The Labute approximate surface area is 130 Å². The summed E-state index contributed by atoms with van der Waals surface area (Å²) >= 11 is 1.54. The molecular weight excluding hydrogens is 294 g/mol. The van der Waals surface area contributed by atoms with Gasteiger partial charge in [-0.25, -0.2) is 4.98 Å². The number of nitrogen functional groups attached to an aromatic ring is 1. The lowest BCUT2D eigenvalue weighted by Gasteiger charge is -2.21. The van der Waals surface area contributed by atoms with Gasteiger partial charge in [-0.1, -0.05) is 30.3 Å². The van der Waals surface area contributed by atoms with E-state index in [1.807, 2.05) is 12.3 Å². The minimum atomic E-state index is 0. The Hall–Kier alpha value is -1.14. The van der Waals surface area contributed by atoms with Crippen LogP contribution in [0.15, 0.2) is 36.5 Å². The van der Waals surface area contributed by atoms with Gasteiger partial charge in [-0.05, 0) is 5.56 Å². The third kappa shape index (κ3) is 5.46. The normalized spacial score (nSPS) is 10.5. The van der Waals surface area contributed by atoms with Crippen LogP contribution in [0.5, 0.6) is 0 Å². The number of thiazole rings is 1. The third-order valence-corrected chi connectivity index (χ3v) is 3.62. The van der Waals surface area contributed by atoms with Gasteiger partial charge in [-0.3, -0.25) is 4.90 Å². The SMILES string of the molecule is COCCN(Cc1ccccc1)Cc1cnc(N)s1.Cl. The van der Waals surface area contributed by atoms with Crippen molar-refractivity contribution in [3.05, 3.63) is 47.0 Å². The summed E-state index contributed by atoms with van der Waals surface area (Å²) in [4.78, 5) is 7.62. The van der Waals surface area contributed by atoms with Crippen molar-refractivity contribution >= 4 is 28.9 Å². The van der Waals surface area contributed by atoms with Crippen molar-refractivity contribution in [1.29, 1.82) is 0 Å². The van der Waals surface area contributed by atoms with E-state index in [-0.39, 0.29) is 12.4 Å². The quantitative estimate of drug-likeness (QED) is 0.854. The lowest BCUT2D eigenvalue weighted by Crippen LogP contribution is -2.26. The molecule has 6 heteroatoms. The van der Waals surface area contributed by atoms with E-state index >= 15 is 0 Å². The van der Waals surface area contributed by atoms with Gasteiger partial charge in [0.05, 0.1) is 6.61 Å². The predicted molar refractivity (Wildman–Crippen MR) is 86.2 cm³/mol. The van der Waals surface area contributed by atoms with Crippen LogP contribution in [-0.4, -0.2) is 30.1 Å². The zero-order valence-corrected chi connectivity index (χ0v) is 13.1. The summed E-state index contributed by atoms with van der Waals surface area (Å²) in [5, 5.41) is 0.626. The summed E-state index contributed by atoms with van der Waals surface area (Å²) in [6.45, 7) is 3.37. The van der Waals surface area contributed by atoms with Crippen molar-refractivity contribution in [1.82, 2.24) is 9.88 Å². The maximum atomic E-state index is 5.67. The van der Waals surface area contributed by atoms with Gasteiger partial charge in [-0.15, -0.1) is 23.7 Å². The molecule has 1 aromatic heterocycles. The molecule has 0 amide bonds. The van der Waals surface area contributed by atoms with Crippen LogP contribution >= 0.6 is 23.7 Å². The summed E-state index contributed by atoms with van der Waals surface area (Å²) in [5.74, 6) is 0. The van der Waals surface area contributed by atoms with Crippen molar-refractivity contribution in [2.45, 2.75) is 13.1 Å². The Balaban J connectivity index is 0.00000200. The van der Waals surface area contributed by atoms with E-state index in [1.165, 1.54) is 10.4 Å². The van der Waals surface area contributed by atoms with Crippen molar-refractivity contribution in [3.63, 3.8) is 0 Å². The van der Waals surface area contributed by atoms with Crippen LogP contribution in [0.1, 0.15) is 10.4 Å². The van der Waals surface area contributed by atoms with Gasteiger partial charge in [0.1, 0.15) is 0 Å². The van der Waals surface area contributed by atoms with Crippen LogP contribution in [0.4, 0.5) is 5.13 Å². The molecule has 0 bridgehead atoms. The number of nitrogens with zero attached hydrogens (tertiary/aromatic N) is 2. The highest BCUT2D eigenvalue weighted by molar-refractivity contribution is 7.15. The van der Waals surface area contributed by atoms with E-state index in [2.05, 4.69) is 34.1 Å². The molecule has 0 aliphatic carbocycles. The summed E-state index contributed by atoms with van der Waals surface area (Å²) in [6, 6.07) is 10.4. The second-order valence-electron chi connectivity index (χ2n) is 4.35. The number of rotatable bonds is 7. The number of benzene rings is 1. The monoisotopic (exact) mass is 313 g/mol. The maximum Gasteiger partial charge on any atom is 0.180 e. The van der Waals surface area contributed by atoms with Gasteiger partial charge in [0.15, 0.2) is 5.13 Å². The molecule has 4 nitrogen and oxygen atoms in total. The van der Waals surface area contributed by atoms with Gasteiger partial charge in [0.2, 0.25) is 0 Å². The van der Waals surface area contributed by atoms with Crippen molar-refractivity contribution in [2.24, 2.45) is 0 Å². The first-order chi connectivity index (χ1) is 9.28. The van der Waals surface area contributed by atoms with Crippen molar-refractivity contribution in [3.8, 4) is 0 Å². The van der Waals surface area contributed by atoms with E-state index in [1.54, 1.807) is 18.4 Å². The van der Waals surface area contributed by atoms with Crippen LogP contribution in [0.25, 0.3) is 0 Å². The number of methoxy groups -OCH3 is 1. The Bertz CT molecular complexity index is 492. The summed E-state index contributed by atoms with van der Waals surface area (Å²) in [7, 11) is 1.73. The lowest BCUT2D eigenvalue weighted by molar-refractivity contribution is 0.140. The Morgan fingerprint density at radius 3 is 2.60 bits per heavy atom. The molecule has 1 aromatic carbocycles. The molecule has 0 aliphatic rings. The smallest absolute Gasteiger partial charge is 0.180 e. The summed E-state index contributed by atoms with van der Waals surface area (Å²) < 4.78 is 5.17. The molecule has 0 saturated heterocycles. The van der Waals surface area contributed by atoms with E-state index in [0.717, 1.165) is 26.2 Å². The minimum absolute atomic E-state index is 0. The van der Waals surface area contributed by atoms with Crippen LogP contribution in [0.2, 0.25) is 0 Å².